The van der Waals surface area contributed by atoms with E-state index in [0.29, 0.717) is 28.4 Å². The molecule has 0 radical (unpaired) electrons. The first-order chi connectivity index (χ1) is 19.4. The summed E-state index contributed by atoms with van der Waals surface area (Å²) >= 11 is 1.16. The molecule has 1 heterocycles. The number of carbonyl (C=O) groups excluding carboxylic acids is 3. The summed E-state index contributed by atoms with van der Waals surface area (Å²) in [6.45, 7) is 1.69. The normalized spacial score (nSPS) is 10.7. The highest BCUT2D eigenvalue weighted by Crippen LogP contribution is 2.24. The van der Waals surface area contributed by atoms with Crippen LogP contribution in [0.1, 0.15) is 18.1 Å². The highest BCUT2D eigenvalue weighted by Gasteiger charge is 2.29. The molecule has 0 aliphatic heterocycles. The third kappa shape index (κ3) is 9.31. The van der Waals surface area contributed by atoms with Crippen molar-refractivity contribution in [3.63, 3.8) is 0 Å². The lowest BCUT2D eigenvalue weighted by Crippen LogP contribution is -2.29. The fourth-order valence-corrected chi connectivity index (χ4v) is 3.41. The first-order valence-corrected chi connectivity index (χ1v) is 13.1. The van der Waals surface area contributed by atoms with E-state index in [1.54, 1.807) is 68.8 Å². The average molecular weight is 568 g/mol. The minimum Gasteiger partial charge on any atom is -0.497 e. The van der Waals surface area contributed by atoms with Gasteiger partial charge in [-0.3, -0.25) is 14.3 Å². The zero-order chi connectivity index (χ0) is 28.7. The number of benzene rings is 2. The third-order valence-electron chi connectivity index (χ3n) is 5.19. The average Bonchev–Trinajstić information content (AvgIpc) is 2.99. The Hall–Kier alpha value is -4.58. The Morgan fingerprint density at radius 1 is 0.900 bits per heavy atom. The molecule has 0 saturated carbocycles. The van der Waals surface area contributed by atoms with Crippen molar-refractivity contribution in [2.75, 3.05) is 20.0 Å². The zero-order valence-corrected chi connectivity index (χ0v) is 23.0. The van der Waals surface area contributed by atoms with Crippen molar-refractivity contribution < 1.29 is 38.1 Å². The van der Waals surface area contributed by atoms with Gasteiger partial charge >= 0.3 is 18.0 Å². The van der Waals surface area contributed by atoms with Crippen LogP contribution in [0.15, 0.2) is 71.9 Å². The molecule has 3 aromatic rings. The lowest BCUT2D eigenvalue weighted by molar-refractivity contribution is -0.159. The summed E-state index contributed by atoms with van der Waals surface area (Å²) in [5, 5.41) is 0. The van der Waals surface area contributed by atoms with E-state index in [2.05, 4.69) is 14.7 Å². The van der Waals surface area contributed by atoms with E-state index in [0.717, 1.165) is 18.2 Å². The van der Waals surface area contributed by atoms with Gasteiger partial charge in [0, 0.05) is 18.2 Å². The summed E-state index contributed by atoms with van der Waals surface area (Å²) in [6, 6.07) is 16.9. The predicted octanol–water partition coefficient (Wildman–Crippen LogP) is 4.66. The Morgan fingerprint density at radius 3 is 1.95 bits per heavy atom. The fraction of sp³-hybridized carbons (Fsp3) is 0.250. The van der Waals surface area contributed by atoms with Gasteiger partial charge in [0.1, 0.15) is 24.7 Å². The molecule has 0 unspecified atom stereocenters. The fourth-order valence-electron chi connectivity index (χ4n) is 3.11. The number of pyridine rings is 1. The maximum atomic E-state index is 13.0. The SMILES string of the molecule is CCSNC(=O)Oc1cccnc1N=CC(C(=O)OCc1ccc(OC)cc1)C(=O)OCc1ccc(OC)cc1. The standard InChI is InChI=1S/C28H29N3O8S/c1-4-40-31-28(34)39-24-6-5-15-29-25(24)30-16-23(26(32)37-17-19-7-11-21(35-2)12-8-19)27(33)38-18-20-9-13-22(36-3)14-10-20/h5-16,23H,4,17-18H2,1-3H3,(H,31,34). The molecule has 0 spiro atoms. The van der Waals surface area contributed by atoms with Crippen LogP contribution >= 0.6 is 11.9 Å². The molecule has 0 aliphatic rings. The molecule has 40 heavy (non-hydrogen) atoms. The Bertz CT molecular complexity index is 1240. The van der Waals surface area contributed by atoms with Crippen molar-refractivity contribution >= 4 is 42.0 Å². The molecule has 0 atom stereocenters. The van der Waals surface area contributed by atoms with E-state index < -0.39 is 23.9 Å². The smallest absolute Gasteiger partial charge is 0.422 e. The first kappa shape index (κ1) is 30.0. The van der Waals surface area contributed by atoms with Crippen LogP contribution in [0, 0.1) is 5.92 Å². The Kier molecular flexibility index (Phi) is 11.8. The van der Waals surface area contributed by atoms with Crippen LogP contribution in [0.4, 0.5) is 10.6 Å². The van der Waals surface area contributed by atoms with Crippen LogP contribution in [0.3, 0.4) is 0 Å². The van der Waals surface area contributed by atoms with Gasteiger partial charge in [-0.25, -0.2) is 14.8 Å². The van der Waals surface area contributed by atoms with Crippen LogP contribution in [0.25, 0.3) is 0 Å². The summed E-state index contributed by atoms with van der Waals surface area (Å²) in [7, 11) is 3.09. The molecule has 210 valence electrons. The van der Waals surface area contributed by atoms with Crippen LogP contribution in [0.2, 0.25) is 0 Å². The van der Waals surface area contributed by atoms with Crippen molar-refractivity contribution in [1.29, 1.82) is 0 Å². The number of aromatic nitrogens is 1. The van der Waals surface area contributed by atoms with E-state index in [-0.39, 0.29) is 24.8 Å². The van der Waals surface area contributed by atoms with Gasteiger partial charge in [-0.05, 0) is 59.5 Å². The number of methoxy groups -OCH3 is 2. The van der Waals surface area contributed by atoms with E-state index in [9.17, 15) is 14.4 Å². The second-order valence-corrected chi connectivity index (χ2v) is 8.99. The molecule has 0 fully saturated rings. The van der Waals surface area contributed by atoms with Gasteiger partial charge in [-0.1, -0.05) is 31.2 Å². The molecular formula is C28H29N3O8S. The van der Waals surface area contributed by atoms with Crippen molar-refractivity contribution in [2.24, 2.45) is 10.9 Å². The number of esters is 2. The third-order valence-corrected chi connectivity index (χ3v) is 5.79. The van der Waals surface area contributed by atoms with Crippen LogP contribution in [-0.4, -0.2) is 49.2 Å². The van der Waals surface area contributed by atoms with Gasteiger partial charge in [0.25, 0.3) is 0 Å². The molecule has 1 amide bonds. The van der Waals surface area contributed by atoms with E-state index in [1.807, 2.05) is 6.92 Å². The van der Waals surface area contributed by atoms with E-state index >= 15 is 0 Å². The molecule has 0 saturated heterocycles. The number of ether oxygens (including phenoxy) is 5. The molecule has 1 N–H and O–H groups in total. The predicted molar refractivity (Wildman–Crippen MR) is 149 cm³/mol. The Morgan fingerprint density at radius 2 is 1.45 bits per heavy atom. The molecule has 1 aromatic heterocycles. The van der Waals surface area contributed by atoms with Crippen molar-refractivity contribution in [3.05, 3.63) is 78.0 Å². The Balaban J connectivity index is 1.76. The lowest BCUT2D eigenvalue weighted by Gasteiger charge is -2.13. The van der Waals surface area contributed by atoms with Gasteiger partial charge in [-0.2, -0.15) is 0 Å². The topological polar surface area (TPSA) is 135 Å². The molecule has 0 aliphatic carbocycles. The molecule has 11 nitrogen and oxygen atoms in total. The largest absolute Gasteiger partial charge is 0.497 e. The maximum Gasteiger partial charge on any atom is 0.422 e. The molecular weight excluding hydrogens is 538 g/mol. The number of nitrogens with one attached hydrogen (secondary N) is 1. The number of hydrogen-bond acceptors (Lipinski definition) is 11. The minimum absolute atomic E-state index is 0.0185. The zero-order valence-electron chi connectivity index (χ0n) is 22.2. The summed E-state index contributed by atoms with van der Waals surface area (Å²) in [6.07, 6.45) is 1.77. The summed E-state index contributed by atoms with van der Waals surface area (Å²) in [5.41, 5.74) is 1.38. The first-order valence-electron chi connectivity index (χ1n) is 12.1. The van der Waals surface area contributed by atoms with Crippen molar-refractivity contribution in [3.8, 4) is 17.2 Å². The molecule has 2 aromatic carbocycles. The molecule has 0 bridgehead atoms. The minimum atomic E-state index is -1.52. The number of rotatable bonds is 13. The Labute approximate surface area is 236 Å². The van der Waals surface area contributed by atoms with E-state index in [1.165, 1.54) is 12.3 Å². The monoisotopic (exact) mass is 567 g/mol. The van der Waals surface area contributed by atoms with Crippen molar-refractivity contribution in [1.82, 2.24) is 9.71 Å². The number of carbonyl (C=O) groups is 3. The van der Waals surface area contributed by atoms with E-state index in [4.69, 9.17) is 23.7 Å². The second kappa shape index (κ2) is 15.7. The number of aliphatic imine (C=N–C) groups is 1. The lowest BCUT2D eigenvalue weighted by atomic mass is 10.1. The van der Waals surface area contributed by atoms with Crippen LogP contribution in [-0.2, 0) is 32.3 Å². The summed E-state index contributed by atoms with van der Waals surface area (Å²) in [4.78, 5) is 46.2. The number of nitrogens with zero attached hydrogens (tertiary/aromatic N) is 2. The number of hydrogen-bond donors (Lipinski definition) is 1. The quantitative estimate of drug-likeness (QED) is 0.134. The molecule has 12 heteroatoms. The molecule has 3 rings (SSSR count). The van der Waals surface area contributed by atoms with Gasteiger partial charge in [0.15, 0.2) is 17.5 Å². The van der Waals surface area contributed by atoms with Gasteiger partial charge in [-0.15, -0.1) is 0 Å². The van der Waals surface area contributed by atoms with Gasteiger partial charge in [0.2, 0.25) is 0 Å². The maximum absolute atomic E-state index is 13.0. The number of amides is 1. The second-order valence-electron chi connectivity index (χ2n) is 7.92. The van der Waals surface area contributed by atoms with Crippen molar-refractivity contribution in [2.45, 2.75) is 20.1 Å². The summed E-state index contributed by atoms with van der Waals surface area (Å²) in [5.74, 6) is -1.32. The van der Waals surface area contributed by atoms with Gasteiger partial charge in [0.05, 0.1) is 14.2 Å². The highest BCUT2D eigenvalue weighted by atomic mass is 32.2. The summed E-state index contributed by atoms with van der Waals surface area (Å²) < 4.78 is 28.8. The van der Waals surface area contributed by atoms with Gasteiger partial charge < -0.3 is 23.7 Å². The van der Waals surface area contributed by atoms with Crippen LogP contribution < -0.4 is 18.9 Å². The van der Waals surface area contributed by atoms with Crippen LogP contribution in [0.5, 0.6) is 17.2 Å². The highest BCUT2D eigenvalue weighted by molar-refractivity contribution is 7.97.